The molecule has 0 aliphatic rings. The second-order valence-corrected chi connectivity index (χ2v) is 4.76. The number of para-hydroxylation sites is 1. The highest BCUT2D eigenvalue weighted by atomic mass is 32.3. The van der Waals surface area contributed by atoms with Crippen LogP contribution in [0.2, 0.25) is 0 Å². The third kappa shape index (κ3) is 5.73. The molecule has 114 valence electrons. The molecule has 8 nitrogen and oxygen atoms in total. The monoisotopic (exact) mass is 312 g/mol. The highest BCUT2D eigenvalue weighted by Gasteiger charge is 2.02. The van der Waals surface area contributed by atoms with Gasteiger partial charge in [0.2, 0.25) is 16.3 Å². The van der Waals surface area contributed by atoms with E-state index in [2.05, 4.69) is 9.28 Å². The van der Waals surface area contributed by atoms with Crippen molar-refractivity contribution in [3.63, 3.8) is 0 Å². The summed E-state index contributed by atoms with van der Waals surface area (Å²) in [5.41, 5.74) is 0.911. The summed E-state index contributed by atoms with van der Waals surface area (Å²) in [6.45, 7) is 0. The molecule has 0 saturated heterocycles. The van der Waals surface area contributed by atoms with Crippen molar-refractivity contribution in [1.82, 2.24) is 9.78 Å². The maximum absolute atomic E-state index is 9.22. The molecule has 9 heteroatoms. The van der Waals surface area contributed by atoms with Gasteiger partial charge in [-0.3, -0.25) is 9.59 Å². The number of nitrogens with one attached hydrogen (secondary N) is 1. The van der Waals surface area contributed by atoms with Gasteiger partial charge in [0, 0.05) is 6.07 Å². The maximum atomic E-state index is 9.22. The Morgan fingerprint density at radius 3 is 2.29 bits per heavy atom. The predicted molar refractivity (Wildman–Crippen MR) is 72.7 cm³/mol. The average molecular weight is 312 g/mol. The van der Waals surface area contributed by atoms with E-state index in [1.807, 2.05) is 30.3 Å². The van der Waals surface area contributed by atoms with E-state index in [1.165, 1.54) is 6.20 Å². The van der Waals surface area contributed by atoms with Crippen LogP contribution >= 0.6 is 0 Å². The van der Waals surface area contributed by atoms with E-state index in [-0.39, 0.29) is 0 Å². The fourth-order valence-electron chi connectivity index (χ4n) is 1.32. The second kappa shape index (κ2) is 7.53. The Hall–Kier alpha value is -2.23. The van der Waals surface area contributed by atoms with Gasteiger partial charge in [-0.2, -0.15) is 5.10 Å². The lowest BCUT2D eigenvalue weighted by Crippen LogP contribution is -2.11. The molecular formula is C12H14N3O5S-. The molecule has 0 atom stereocenters. The van der Waals surface area contributed by atoms with Crippen molar-refractivity contribution in [2.24, 2.45) is 0 Å². The summed E-state index contributed by atoms with van der Waals surface area (Å²) in [7, 11) is -2.04. The lowest BCUT2D eigenvalue weighted by Gasteiger charge is -2.09. The van der Waals surface area contributed by atoms with Gasteiger partial charge in [-0.1, -0.05) is 18.2 Å². The minimum atomic E-state index is -4.41. The van der Waals surface area contributed by atoms with Gasteiger partial charge in [0.1, 0.15) is 0 Å². The van der Waals surface area contributed by atoms with E-state index in [0.29, 0.717) is 11.2 Å². The molecule has 0 bridgehead atoms. The summed E-state index contributed by atoms with van der Waals surface area (Å²) in [5.74, 6) is 0.550. The van der Waals surface area contributed by atoms with Crippen LogP contribution in [-0.4, -0.2) is 37.0 Å². The Balaban J connectivity index is 0.000000315. The maximum Gasteiger partial charge on any atom is 0.217 e. The molecule has 0 radical (unpaired) electrons. The van der Waals surface area contributed by atoms with Crippen LogP contribution in [0.1, 0.15) is 0 Å². The molecule has 1 aromatic heterocycles. The lowest BCUT2D eigenvalue weighted by atomic mass is 10.3. The molecule has 1 heterocycles. The van der Waals surface area contributed by atoms with Crippen LogP contribution in [0.5, 0.6) is 5.88 Å². The third-order valence-electron chi connectivity index (χ3n) is 2.21. The van der Waals surface area contributed by atoms with Gasteiger partial charge in [0.25, 0.3) is 0 Å². The number of ether oxygens (including phenoxy) is 1. The van der Waals surface area contributed by atoms with Crippen molar-refractivity contribution in [1.29, 1.82) is 5.41 Å². The van der Waals surface area contributed by atoms with Crippen LogP contribution in [-0.2, 0) is 14.6 Å². The van der Waals surface area contributed by atoms with Crippen molar-refractivity contribution >= 4 is 10.4 Å². The van der Waals surface area contributed by atoms with Crippen molar-refractivity contribution in [3.05, 3.63) is 48.0 Å². The first-order chi connectivity index (χ1) is 9.87. The van der Waals surface area contributed by atoms with Gasteiger partial charge in [-0.15, -0.1) is 0 Å². The number of aromatic nitrogens is 2. The predicted octanol–water partition coefficient (Wildman–Crippen LogP) is 0.453. The zero-order valence-corrected chi connectivity index (χ0v) is 12.2. The summed E-state index contributed by atoms with van der Waals surface area (Å²) in [6, 6.07) is 11.3. The van der Waals surface area contributed by atoms with Crippen molar-refractivity contribution in [3.8, 4) is 11.6 Å². The number of benzene rings is 1. The summed E-state index contributed by atoms with van der Waals surface area (Å²) < 4.78 is 37.8. The molecular weight excluding hydrogens is 298 g/mol. The lowest BCUT2D eigenvalue weighted by molar-refractivity contribution is 0.314. The summed E-state index contributed by atoms with van der Waals surface area (Å²) >= 11 is 0. The molecule has 0 fully saturated rings. The molecule has 1 aromatic carbocycles. The molecule has 0 spiro atoms. The first-order valence-electron chi connectivity index (χ1n) is 5.62. The van der Waals surface area contributed by atoms with Crippen molar-refractivity contribution in [2.45, 2.75) is 0 Å². The standard InChI is InChI=1S/C11H11N3O.CH4O4S/c1-15-11-7-9(12)8-13-14(11)10-5-3-2-4-6-10;1-5-6(2,3)4/h2-8,12H,1H3;1H3,(H,2,3,4)/p-1. The first kappa shape index (κ1) is 16.8. The fraction of sp³-hybridized carbons (Fsp3) is 0.167. The van der Waals surface area contributed by atoms with Crippen LogP contribution < -0.4 is 10.1 Å². The number of hydrogen-bond acceptors (Lipinski definition) is 7. The highest BCUT2D eigenvalue weighted by molar-refractivity contribution is 7.80. The van der Waals surface area contributed by atoms with Gasteiger partial charge < -0.3 is 9.29 Å². The topological polar surface area (TPSA) is 117 Å². The Morgan fingerprint density at radius 2 is 1.81 bits per heavy atom. The molecule has 0 aliphatic carbocycles. The highest BCUT2D eigenvalue weighted by Crippen LogP contribution is 2.12. The summed E-state index contributed by atoms with van der Waals surface area (Å²) in [6.07, 6.45) is 1.48. The van der Waals surface area contributed by atoms with Gasteiger partial charge in [-0.25, -0.2) is 13.1 Å². The summed E-state index contributed by atoms with van der Waals surface area (Å²) in [5, 5.41) is 11.9. The minimum Gasteiger partial charge on any atom is -0.726 e. The molecule has 0 unspecified atom stereocenters. The Labute approximate surface area is 122 Å². The van der Waals surface area contributed by atoms with Crippen molar-refractivity contribution in [2.75, 3.05) is 14.2 Å². The van der Waals surface area contributed by atoms with E-state index in [4.69, 9.17) is 10.1 Å². The Morgan fingerprint density at radius 1 is 1.24 bits per heavy atom. The fourth-order valence-corrected chi connectivity index (χ4v) is 1.32. The van der Waals surface area contributed by atoms with Crippen LogP contribution in [0.4, 0.5) is 0 Å². The van der Waals surface area contributed by atoms with Crippen LogP contribution in [0.25, 0.3) is 5.69 Å². The van der Waals surface area contributed by atoms with Crippen LogP contribution in [0.15, 0.2) is 42.6 Å². The molecule has 2 aromatic rings. The molecule has 1 N–H and O–H groups in total. The largest absolute Gasteiger partial charge is 0.726 e. The molecule has 21 heavy (non-hydrogen) atoms. The van der Waals surface area contributed by atoms with E-state index in [0.717, 1.165) is 12.8 Å². The number of rotatable bonds is 3. The van der Waals surface area contributed by atoms with E-state index in [9.17, 15) is 13.0 Å². The quantitative estimate of drug-likeness (QED) is 0.649. The SMILES string of the molecule is COS(=O)(=O)[O-].COc1cc(=N)cnn1-c1ccccc1. The minimum absolute atomic E-state index is 0.332. The smallest absolute Gasteiger partial charge is 0.217 e. The zero-order chi connectivity index (χ0) is 15.9. The first-order valence-corrected chi connectivity index (χ1v) is 6.95. The number of hydrogen-bond donors (Lipinski definition) is 1. The van der Waals surface area contributed by atoms with E-state index in [1.54, 1.807) is 17.9 Å². The van der Waals surface area contributed by atoms with E-state index < -0.39 is 10.4 Å². The summed E-state index contributed by atoms with van der Waals surface area (Å²) in [4.78, 5) is 0. The number of methoxy groups -OCH3 is 1. The van der Waals surface area contributed by atoms with Gasteiger partial charge in [-0.05, 0) is 12.1 Å². The molecule has 0 aliphatic heterocycles. The van der Waals surface area contributed by atoms with Gasteiger partial charge in [0.15, 0.2) is 0 Å². The average Bonchev–Trinajstić information content (AvgIpc) is 2.48. The number of nitrogens with zero attached hydrogens (tertiary/aromatic N) is 2. The van der Waals surface area contributed by atoms with Gasteiger partial charge in [0.05, 0.1) is 31.5 Å². The Kier molecular flexibility index (Phi) is 6.03. The van der Waals surface area contributed by atoms with Crippen LogP contribution in [0, 0.1) is 5.41 Å². The third-order valence-corrected chi connectivity index (χ3v) is 2.62. The van der Waals surface area contributed by atoms with Crippen molar-refractivity contribution < 1.29 is 21.9 Å². The van der Waals surface area contributed by atoms with Gasteiger partial charge >= 0.3 is 0 Å². The molecule has 2 rings (SSSR count). The van der Waals surface area contributed by atoms with Crippen LogP contribution in [0.3, 0.4) is 0 Å². The normalized spacial score (nSPS) is 10.4. The Bertz CT molecular complexity index is 728. The van der Waals surface area contributed by atoms with E-state index >= 15 is 0 Å². The second-order valence-electron chi connectivity index (χ2n) is 3.61. The zero-order valence-electron chi connectivity index (χ0n) is 11.4. The molecule has 0 amide bonds. The molecule has 0 saturated carbocycles.